The zero-order valence-corrected chi connectivity index (χ0v) is 12.0. The summed E-state index contributed by atoms with van der Waals surface area (Å²) in [7, 11) is 0. The van der Waals surface area contributed by atoms with E-state index in [0.717, 1.165) is 35.0 Å². The van der Waals surface area contributed by atoms with E-state index in [1.165, 1.54) is 11.8 Å². The molecule has 0 spiro atoms. The van der Waals surface area contributed by atoms with Gasteiger partial charge in [0.15, 0.2) is 0 Å². The fourth-order valence-corrected chi connectivity index (χ4v) is 3.31. The molecule has 4 heteroatoms. The SMILES string of the molecule is O=CN1CCc2c(c3cc(F)ccc3n2-c2ccccc2)C1. The number of halogens is 1. The minimum Gasteiger partial charge on any atom is -0.340 e. The summed E-state index contributed by atoms with van der Waals surface area (Å²) in [5.41, 5.74) is 4.28. The van der Waals surface area contributed by atoms with Crippen molar-refractivity contribution in [2.75, 3.05) is 6.54 Å². The summed E-state index contributed by atoms with van der Waals surface area (Å²) in [6.07, 6.45) is 1.65. The Kier molecular flexibility index (Phi) is 2.96. The summed E-state index contributed by atoms with van der Waals surface area (Å²) in [5.74, 6) is -0.247. The van der Waals surface area contributed by atoms with Gasteiger partial charge in [-0.15, -0.1) is 0 Å². The number of para-hydroxylation sites is 1. The fourth-order valence-electron chi connectivity index (χ4n) is 3.31. The van der Waals surface area contributed by atoms with Crippen molar-refractivity contribution in [3.8, 4) is 5.69 Å². The van der Waals surface area contributed by atoms with Gasteiger partial charge in [-0.3, -0.25) is 4.79 Å². The molecule has 1 aliphatic rings. The van der Waals surface area contributed by atoms with E-state index in [2.05, 4.69) is 16.7 Å². The molecule has 0 atom stereocenters. The van der Waals surface area contributed by atoms with E-state index in [-0.39, 0.29) is 5.82 Å². The summed E-state index contributed by atoms with van der Waals surface area (Å²) in [6, 6.07) is 15.0. The van der Waals surface area contributed by atoms with Crippen LogP contribution in [0.3, 0.4) is 0 Å². The molecule has 0 fully saturated rings. The molecule has 0 radical (unpaired) electrons. The molecule has 1 aliphatic heterocycles. The molecular weight excluding hydrogens is 279 g/mol. The van der Waals surface area contributed by atoms with Gasteiger partial charge in [0.25, 0.3) is 0 Å². The highest BCUT2D eigenvalue weighted by atomic mass is 19.1. The van der Waals surface area contributed by atoms with Gasteiger partial charge in [0.05, 0.1) is 5.52 Å². The lowest BCUT2D eigenvalue weighted by molar-refractivity contribution is -0.118. The third-order valence-electron chi connectivity index (χ3n) is 4.30. The maximum Gasteiger partial charge on any atom is 0.210 e. The van der Waals surface area contributed by atoms with Gasteiger partial charge in [-0.2, -0.15) is 0 Å². The van der Waals surface area contributed by atoms with Gasteiger partial charge in [0.2, 0.25) is 6.41 Å². The molecule has 3 nitrogen and oxygen atoms in total. The minimum absolute atomic E-state index is 0.247. The van der Waals surface area contributed by atoms with Crippen LogP contribution in [0.1, 0.15) is 11.3 Å². The van der Waals surface area contributed by atoms with Gasteiger partial charge in [-0.05, 0) is 30.3 Å². The first-order valence-electron chi connectivity index (χ1n) is 7.34. The summed E-state index contributed by atoms with van der Waals surface area (Å²) < 4.78 is 15.9. The summed E-state index contributed by atoms with van der Waals surface area (Å²) in [4.78, 5) is 12.8. The third kappa shape index (κ3) is 1.91. The van der Waals surface area contributed by atoms with Gasteiger partial charge in [-0.1, -0.05) is 18.2 Å². The number of hydrogen-bond acceptors (Lipinski definition) is 1. The second kappa shape index (κ2) is 4.98. The van der Waals surface area contributed by atoms with Gasteiger partial charge >= 0.3 is 0 Å². The molecule has 2 heterocycles. The summed E-state index contributed by atoms with van der Waals surface area (Å²) in [5, 5.41) is 0.894. The van der Waals surface area contributed by atoms with Crippen LogP contribution in [-0.4, -0.2) is 22.4 Å². The highest BCUT2D eigenvalue weighted by molar-refractivity contribution is 5.88. The zero-order valence-electron chi connectivity index (χ0n) is 12.0. The smallest absolute Gasteiger partial charge is 0.210 e. The van der Waals surface area contributed by atoms with E-state index in [1.807, 2.05) is 24.3 Å². The molecule has 1 amide bonds. The number of aromatic nitrogens is 1. The monoisotopic (exact) mass is 294 g/mol. The molecule has 0 bridgehead atoms. The molecule has 110 valence electrons. The predicted molar refractivity (Wildman–Crippen MR) is 83.4 cm³/mol. The average molecular weight is 294 g/mol. The number of benzene rings is 2. The van der Waals surface area contributed by atoms with Crippen molar-refractivity contribution in [2.45, 2.75) is 13.0 Å². The van der Waals surface area contributed by atoms with Crippen molar-refractivity contribution < 1.29 is 9.18 Å². The van der Waals surface area contributed by atoms with Crippen LogP contribution in [0.15, 0.2) is 48.5 Å². The van der Waals surface area contributed by atoms with E-state index in [1.54, 1.807) is 11.0 Å². The largest absolute Gasteiger partial charge is 0.340 e. The minimum atomic E-state index is -0.247. The molecule has 2 aromatic carbocycles. The Morgan fingerprint density at radius 3 is 2.68 bits per heavy atom. The van der Waals surface area contributed by atoms with Gasteiger partial charge in [0, 0.05) is 41.8 Å². The summed E-state index contributed by atoms with van der Waals surface area (Å²) in [6.45, 7) is 1.24. The Labute approximate surface area is 127 Å². The number of carbonyl (C=O) groups excluding carboxylic acids is 1. The fraction of sp³-hybridized carbons (Fsp3) is 0.167. The Morgan fingerprint density at radius 1 is 1.09 bits per heavy atom. The van der Waals surface area contributed by atoms with Gasteiger partial charge in [0.1, 0.15) is 5.82 Å². The molecule has 4 rings (SSSR count). The number of carbonyl (C=O) groups is 1. The highest BCUT2D eigenvalue weighted by Crippen LogP contribution is 2.33. The van der Waals surface area contributed by atoms with Crippen LogP contribution >= 0.6 is 0 Å². The average Bonchev–Trinajstić information content (AvgIpc) is 2.88. The second-order valence-corrected chi connectivity index (χ2v) is 5.58. The van der Waals surface area contributed by atoms with E-state index < -0.39 is 0 Å². The van der Waals surface area contributed by atoms with E-state index in [0.29, 0.717) is 13.1 Å². The predicted octanol–water partition coefficient (Wildman–Crippen LogP) is 3.28. The quantitative estimate of drug-likeness (QED) is 0.666. The maximum atomic E-state index is 13.7. The van der Waals surface area contributed by atoms with Crippen LogP contribution in [0.5, 0.6) is 0 Å². The maximum absolute atomic E-state index is 13.7. The number of nitrogens with zero attached hydrogens (tertiary/aromatic N) is 2. The highest BCUT2D eigenvalue weighted by Gasteiger charge is 2.24. The molecule has 22 heavy (non-hydrogen) atoms. The second-order valence-electron chi connectivity index (χ2n) is 5.58. The van der Waals surface area contributed by atoms with E-state index in [9.17, 15) is 9.18 Å². The molecular formula is C18H15FN2O. The number of hydrogen-bond donors (Lipinski definition) is 0. The Balaban J connectivity index is 2.03. The first kappa shape index (κ1) is 13.1. The van der Waals surface area contributed by atoms with Crippen molar-refractivity contribution in [2.24, 2.45) is 0 Å². The lowest BCUT2D eigenvalue weighted by atomic mass is 10.0. The Bertz CT molecular complexity index is 854. The van der Waals surface area contributed by atoms with Crippen LogP contribution in [0, 0.1) is 5.82 Å². The lowest BCUT2D eigenvalue weighted by Crippen LogP contribution is -2.29. The molecule has 1 aromatic heterocycles. The van der Waals surface area contributed by atoms with Gasteiger partial charge in [-0.25, -0.2) is 4.39 Å². The van der Waals surface area contributed by atoms with E-state index >= 15 is 0 Å². The van der Waals surface area contributed by atoms with E-state index in [4.69, 9.17) is 0 Å². The topological polar surface area (TPSA) is 25.2 Å². The first-order chi connectivity index (χ1) is 10.8. The molecule has 3 aromatic rings. The zero-order chi connectivity index (χ0) is 15.1. The normalized spacial score (nSPS) is 14.1. The lowest BCUT2D eigenvalue weighted by Gasteiger charge is -2.24. The molecule has 0 aliphatic carbocycles. The molecule has 0 unspecified atom stereocenters. The van der Waals surface area contributed by atoms with Crippen LogP contribution in [-0.2, 0) is 17.8 Å². The van der Waals surface area contributed by atoms with Crippen molar-refractivity contribution in [3.05, 3.63) is 65.6 Å². The van der Waals surface area contributed by atoms with Crippen LogP contribution in [0.2, 0.25) is 0 Å². The summed E-state index contributed by atoms with van der Waals surface area (Å²) >= 11 is 0. The van der Waals surface area contributed by atoms with Crippen LogP contribution < -0.4 is 0 Å². The number of amides is 1. The van der Waals surface area contributed by atoms with Crippen molar-refractivity contribution in [1.29, 1.82) is 0 Å². The van der Waals surface area contributed by atoms with Crippen LogP contribution in [0.25, 0.3) is 16.6 Å². The van der Waals surface area contributed by atoms with Crippen molar-refractivity contribution in [1.82, 2.24) is 9.47 Å². The molecule has 0 saturated heterocycles. The Morgan fingerprint density at radius 2 is 1.91 bits per heavy atom. The molecule has 0 saturated carbocycles. The van der Waals surface area contributed by atoms with Crippen molar-refractivity contribution >= 4 is 17.3 Å². The standard InChI is InChI=1S/C18H15FN2O/c19-13-6-7-17-15(10-13)16-11-20(12-22)9-8-18(16)21(17)14-4-2-1-3-5-14/h1-7,10,12H,8-9,11H2. The van der Waals surface area contributed by atoms with Crippen molar-refractivity contribution in [3.63, 3.8) is 0 Å². The van der Waals surface area contributed by atoms with Gasteiger partial charge < -0.3 is 9.47 Å². The molecule has 0 N–H and O–H groups in total. The number of fused-ring (bicyclic) bond motifs is 3. The Hall–Kier alpha value is -2.62. The van der Waals surface area contributed by atoms with Crippen LogP contribution in [0.4, 0.5) is 4.39 Å². The first-order valence-corrected chi connectivity index (χ1v) is 7.34. The number of rotatable bonds is 2. The third-order valence-corrected chi connectivity index (χ3v) is 4.30.